The Morgan fingerprint density at radius 3 is 2.44 bits per heavy atom. The van der Waals surface area contributed by atoms with Gasteiger partial charge < -0.3 is 10.1 Å². The average molecular weight is 445 g/mol. The lowest BCUT2D eigenvalue weighted by molar-refractivity contribution is -0.253. The Kier molecular flexibility index (Phi) is 7.76. The number of thiophene rings is 1. The monoisotopic (exact) mass is 444 g/mol. The minimum absolute atomic E-state index is 0. The molecule has 0 amide bonds. The summed E-state index contributed by atoms with van der Waals surface area (Å²) in [6.45, 7) is 3.13. The topological polar surface area (TPSA) is 24.5 Å². The van der Waals surface area contributed by atoms with Crippen molar-refractivity contribution in [1.82, 2.24) is 10.2 Å². The molecule has 3 nitrogen and oxygen atoms in total. The molecule has 3 rings (SSSR count). The van der Waals surface area contributed by atoms with Gasteiger partial charge in [0.1, 0.15) is 5.75 Å². The fourth-order valence-corrected chi connectivity index (χ4v) is 4.14. The van der Waals surface area contributed by atoms with Crippen LogP contribution in [0.1, 0.15) is 16.5 Å². The molecule has 1 aromatic carbocycles. The van der Waals surface area contributed by atoms with Crippen LogP contribution < -0.4 is 10.1 Å². The van der Waals surface area contributed by atoms with Crippen LogP contribution in [-0.4, -0.2) is 43.6 Å². The summed E-state index contributed by atoms with van der Waals surface area (Å²) in [5.74, 6) is -0.296. The Morgan fingerprint density at radius 2 is 1.85 bits per heavy atom. The van der Waals surface area contributed by atoms with Gasteiger partial charge in [-0.3, -0.25) is 4.90 Å². The van der Waals surface area contributed by atoms with E-state index in [4.69, 9.17) is 11.6 Å². The zero-order valence-electron chi connectivity index (χ0n) is 14.0. The van der Waals surface area contributed by atoms with Crippen LogP contribution in [-0.2, 0) is 0 Å². The number of hydrogen-bond acceptors (Lipinski definition) is 4. The predicted octanol–water partition coefficient (Wildman–Crippen LogP) is 5.05. The molecule has 1 N–H and O–H groups in total. The molecule has 10 heteroatoms. The molecule has 0 bridgehead atoms. The molecule has 2 heterocycles. The maximum atomic E-state index is 13.2. The highest BCUT2D eigenvalue weighted by Crippen LogP contribution is 2.37. The third-order valence-corrected chi connectivity index (χ3v) is 5.35. The van der Waals surface area contributed by atoms with Crippen molar-refractivity contribution in [2.75, 3.05) is 26.2 Å². The first-order valence-electron chi connectivity index (χ1n) is 8.02. The molecule has 1 aromatic heterocycles. The van der Waals surface area contributed by atoms with Crippen molar-refractivity contribution >= 4 is 35.3 Å². The third-order valence-electron chi connectivity index (χ3n) is 4.06. The molecule has 0 unspecified atom stereocenters. The second-order valence-electron chi connectivity index (χ2n) is 5.87. The van der Waals surface area contributed by atoms with Crippen molar-refractivity contribution in [2.24, 2.45) is 0 Å². The van der Waals surface area contributed by atoms with Crippen molar-refractivity contribution in [3.63, 3.8) is 0 Å². The van der Waals surface area contributed by atoms with Crippen LogP contribution in [0.4, 0.5) is 17.6 Å². The van der Waals surface area contributed by atoms with E-state index in [0.717, 1.165) is 31.1 Å². The molecule has 1 aliphatic rings. The van der Waals surface area contributed by atoms with E-state index in [9.17, 15) is 17.6 Å². The van der Waals surface area contributed by atoms with E-state index in [1.165, 1.54) is 29.5 Å². The Hall–Kier alpha value is -1.06. The zero-order valence-corrected chi connectivity index (χ0v) is 16.4. The molecule has 1 aliphatic heterocycles. The van der Waals surface area contributed by atoms with Crippen molar-refractivity contribution in [2.45, 2.75) is 18.6 Å². The minimum atomic E-state index is -4.53. The average Bonchev–Trinajstić information content (AvgIpc) is 3.02. The van der Waals surface area contributed by atoms with Gasteiger partial charge in [-0.25, -0.2) is 0 Å². The van der Waals surface area contributed by atoms with E-state index < -0.39 is 12.5 Å². The summed E-state index contributed by atoms with van der Waals surface area (Å²) in [7, 11) is 0. The number of halogens is 6. The molecule has 150 valence electrons. The fourth-order valence-electron chi connectivity index (χ4n) is 2.92. The molecule has 2 aromatic rings. The summed E-state index contributed by atoms with van der Waals surface area (Å²) in [6.07, 6.45) is -8.43. The van der Waals surface area contributed by atoms with Gasteiger partial charge in [0, 0.05) is 31.1 Å². The van der Waals surface area contributed by atoms with E-state index >= 15 is 0 Å². The lowest BCUT2D eigenvalue weighted by atomic mass is 10.0. The Labute approximate surface area is 169 Å². The van der Waals surface area contributed by atoms with Crippen molar-refractivity contribution in [3.05, 3.63) is 51.2 Å². The molecule has 0 saturated carbocycles. The number of nitrogens with one attached hydrogen (secondary N) is 1. The van der Waals surface area contributed by atoms with E-state index in [-0.39, 0.29) is 24.2 Å². The van der Waals surface area contributed by atoms with Crippen LogP contribution in [0.25, 0.3) is 0 Å². The molecule has 0 aliphatic carbocycles. The standard InChI is InChI=1S/C17H17ClF4N2OS.ClH/c18-14-5-4-13(26-14)15(24-8-6-23-7-9-24)11-2-1-3-12(10-11)25-17(21,22)16(19)20;/h1-5,10,15-16,23H,6-9H2;1H/t15-;/m0./s1. The van der Waals surface area contributed by atoms with Crippen LogP contribution in [0, 0.1) is 0 Å². The molecule has 1 fully saturated rings. The fraction of sp³-hybridized carbons (Fsp3) is 0.412. The highest BCUT2D eigenvalue weighted by atomic mass is 35.5. The predicted molar refractivity (Wildman–Crippen MR) is 101 cm³/mol. The summed E-state index contributed by atoms with van der Waals surface area (Å²) < 4.78 is 56.2. The first-order valence-corrected chi connectivity index (χ1v) is 9.21. The molecule has 0 radical (unpaired) electrons. The number of rotatable bonds is 6. The van der Waals surface area contributed by atoms with E-state index in [0.29, 0.717) is 9.90 Å². The molecule has 1 saturated heterocycles. The summed E-state index contributed by atoms with van der Waals surface area (Å²) in [6, 6.07) is 9.39. The number of nitrogens with zero attached hydrogens (tertiary/aromatic N) is 1. The number of ether oxygens (including phenoxy) is 1. The highest BCUT2D eigenvalue weighted by molar-refractivity contribution is 7.16. The summed E-state index contributed by atoms with van der Waals surface area (Å²) in [5, 5.41) is 3.26. The smallest absolute Gasteiger partial charge is 0.428 e. The van der Waals surface area contributed by atoms with Crippen LogP contribution >= 0.6 is 35.3 Å². The Balaban J connectivity index is 0.00000261. The van der Waals surface area contributed by atoms with Crippen LogP contribution in [0.5, 0.6) is 5.75 Å². The van der Waals surface area contributed by atoms with Gasteiger partial charge in [-0.1, -0.05) is 23.7 Å². The largest absolute Gasteiger partial charge is 0.461 e. The molecule has 1 atom stereocenters. The van der Waals surface area contributed by atoms with Crippen LogP contribution in [0.2, 0.25) is 4.34 Å². The summed E-state index contributed by atoms with van der Waals surface area (Å²) >= 11 is 7.47. The van der Waals surface area contributed by atoms with E-state index in [1.54, 1.807) is 12.1 Å². The molecule has 27 heavy (non-hydrogen) atoms. The van der Waals surface area contributed by atoms with Gasteiger partial charge >= 0.3 is 12.5 Å². The minimum Gasteiger partial charge on any atom is -0.428 e. The zero-order chi connectivity index (χ0) is 18.7. The second-order valence-corrected chi connectivity index (χ2v) is 7.61. The maximum Gasteiger partial charge on any atom is 0.461 e. The lowest BCUT2D eigenvalue weighted by Gasteiger charge is -2.35. The van der Waals surface area contributed by atoms with E-state index in [2.05, 4.69) is 15.0 Å². The van der Waals surface area contributed by atoms with Crippen molar-refractivity contribution in [3.8, 4) is 5.75 Å². The van der Waals surface area contributed by atoms with Gasteiger partial charge in [-0.05, 0) is 29.8 Å². The third kappa shape index (κ3) is 5.48. The first-order chi connectivity index (χ1) is 12.4. The van der Waals surface area contributed by atoms with Crippen molar-refractivity contribution in [1.29, 1.82) is 0 Å². The Bertz CT molecular complexity index is 741. The Morgan fingerprint density at radius 1 is 1.15 bits per heavy atom. The second kappa shape index (κ2) is 9.43. The van der Waals surface area contributed by atoms with Gasteiger partial charge in [-0.15, -0.1) is 23.7 Å². The van der Waals surface area contributed by atoms with Crippen LogP contribution in [0.15, 0.2) is 36.4 Å². The molecule has 0 spiro atoms. The van der Waals surface area contributed by atoms with Gasteiger partial charge in [-0.2, -0.15) is 17.6 Å². The number of hydrogen-bond donors (Lipinski definition) is 1. The highest BCUT2D eigenvalue weighted by Gasteiger charge is 2.44. The van der Waals surface area contributed by atoms with Gasteiger partial charge in [0.25, 0.3) is 0 Å². The maximum absolute atomic E-state index is 13.2. The number of piperazine rings is 1. The van der Waals surface area contributed by atoms with Gasteiger partial charge in [0.05, 0.1) is 10.4 Å². The van der Waals surface area contributed by atoms with Crippen molar-refractivity contribution < 1.29 is 22.3 Å². The quantitative estimate of drug-likeness (QED) is 0.630. The first kappa shape index (κ1) is 22.2. The SMILES string of the molecule is Cl.FC(F)C(F)(F)Oc1cccc([C@@H](c2ccc(Cl)s2)N2CCNCC2)c1. The normalized spacial score (nSPS) is 16.8. The molecular formula is C17H18Cl2F4N2OS. The van der Waals surface area contributed by atoms with Gasteiger partial charge in [0.15, 0.2) is 0 Å². The summed E-state index contributed by atoms with van der Waals surface area (Å²) in [4.78, 5) is 3.15. The van der Waals surface area contributed by atoms with E-state index in [1.807, 2.05) is 6.07 Å². The molecular weight excluding hydrogens is 427 g/mol. The number of alkyl halides is 4. The van der Waals surface area contributed by atoms with Gasteiger partial charge in [0.2, 0.25) is 0 Å². The van der Waals surface area contributed by atoms with Crippen LogP contribution in [0.3, 0.4) is 0 Å². The number of benzene rings is 1. The summed E-state index contributed by atoms with van der Waals surface area (Å²) in [5.41, 5.74) is 0.688. The lowest BCUT2D eigenvalue weighted by Crippen LogP contribution is -2.45.